The van der Waals surface area contributed by atoms with Gasteiger partial charge in [-0.05, 0) is 86.1 Å². The van der Waals surface area contributed by atoms with Crippen LogP contribution in [0, 0.1) is 17.3 Å². The summed E-state index contributed by atoms with van der Waals surface area (Å²) in [6.07, 6.45) is 13.7. The molecule has 0 radical (unpaired) electrons. The van der Waals surface area contributed by atoms with Gasteiger partial charge in [-0.1, -0.05) is 49.1 Å². The van der Waals surface area contributed by atoms with Crippen molar-refractivity contribution in [3.8, 4) is 0 Å². The fourth-order valence-corrected chi connectivity index (χ4v) is 7.86. The van der Waals surface area contributed by atoms with Crippen molar-refractivity contribution in [3.63, 3.8) is 0 Å². The highest BCUT2D eigenvalue weighted by Crippen LogP contribution is 2.47. The number of carbonyl (C=O) groups excluding carboxylic acids is 2. The van der Waals surface area contributed by atoms with E-state index in [0.717, 1.165) is 38.0 Å². The highest BCUT2D eigenvalue weighted by molar-refractivity contribution is 6.30. The number of hydrogen-bond donors (Lipinski definition) is 1. The van der Waals surface area contributed by atoms with E-state index in [9.17, 15) is 14.0 Å². The number of nitrogens with zero attached hydrogens (tertiary/aromatic N) is 6. The lowest BCUT2D eigenvalue weighted by Crippen LogP contribution is -2.56. The zero-order chi connectivity index (χ0) is 31.2. The number of amides is 2. The molecule has 3 fully saturated rings. The second-order valence-electron chi connectivity index (χ2n) is 13.1. The maximum absolute atomic E-state index is 14.2. The molecule has 1 aromatic carbocycles. The number of hydrogen-bond acceptors (Lipinski definition) is 6. The Morgan fingerprint density at radius 2 is 1.69 bits per heavy atom. The van der Waals surface area contributed by atoms with Gasteiger partial charge < -0.3 is 15.1 Å². The second-order valence-corrected chi connectivity index (χ2v) is 13.5. The first-order chi connectivity index (χ1) is 21.9. The molecule has 1 saturated carbocycles. The first-order valence-corrected chi connectivity index (χ1v) is 16.8. The molecule has 0 bridgehead atoms. The monoisotopic (exact) mass is 635 g/mol. The van der Waals surface area contributed by atoms with Crippen LogP contribution in [0.3, 0.4) is 0 Å². The van der Waals surface area contributed by atoms with Crippen LogP contribution >= 0.6 is 11.6 Å². The van der Waals surface area contributed by atoms with Crippen LogP contribution in [0.2, 0.25) is 5.02 Å². The van der Waals surface area contributed by atoms with Crippen molar-refractivity contribution in [1.29, 1.82) is 0 Å². The van der Waals surface area contributed by atoms with Gasteiger partial charge in [0.15, 0.2) is 0 Å². The number of halogens is 2. The third kappa shape index (κ3) is 7.72. The molecule has 2 aromatic heterocycles. The van der Waals surface area contributed by atoms with E-state index in [1.807, 2.05) is 35.3 Å². The van der Waals surface area contributed by atoms with E-state index in [1.54, 1.807) is 17.3 Å². The Labute approximate surface area is 269 Å². The highest BCUT2D eigenvalue weighted by atomic mass is 35.5. The van der Waals surface area contributed by atoms with Crippen LogP contribution in [0.5, 0.6) is 0 Å². The summed E-state index contributed by atoms with van der Waals surface area (Å²) in [5.74, 6) is -0.146. The number of benzene rings is 1. The maximum Gasteiger partial charge on any atom is 0.272 e. The predicted molar refractivity (Wildman–Crippen MR) is 170 cm³/mol. The van der Waals surface area contributed by atoms with E-state index in [4.69, 9.17) is 11.6 Å². The van der Waals surface area contributed by atoms with Crippen LogP contribution in [-0.4, -0.2) is 79.6 Å². The number of likely N-dealkylation sites (tertiary alicyclic amines) is 2. The normalized spacial score (nSPS) is 20.2. The summed E-state index contributed by atoms with van der Waals surface area (Å²) in [6.45, 7) is 3.36. The average molecular weight is 636 g/mol. The van der Waals surface area contributed by atoms with Crippen molar-refractivity contribution in [2.75, 3.05) is 26.2 Å². The highest BCUT2D eigenvalue weighted by Gasteiger charge is 2.44. The molecular weight excluding hydrogens is 593 g/mol. The van der Waals surface area contributed by atoms with Crippen LogP contribution in [0.15, 0.2) is 55.1 Å². The first kappa shape index (κ1) is 31.6. The number of aromatic nitrogens is 4. The molecule has 1 aliphatic carbocycles. The van der Waals surface area contributed by atoms with Gasteiger partial charge in [-0.15, -0.1) is 0 Å². The van der Waals surface area contributed by atoms with Crippen LogP contribution in [0.1, 0.15) is 73.8 Å². The van der Waals surface area contributed by atoms with Gasteiger partial charge in [-0.25, -0.2) is 9.97 Å². The third-order valence-corrected chi connectivity index (χ3v) is 10.5. The van der Waals surface area contributed by atoms with Crippen molar-refractivity contribution in [2.24, 2.45) is 11.3 Å². The minimum atomic E-state index is -0.659. The van der Waals surface area contributed by atoms with Gasteiger partial charge in [0, 0.05) is 43.8 Å². The third-order valence-electron chi connectivity index (χ3n) is 10.3. The fourth-order valence-electron chi connectivity index (χ4n) is 7.74. The van der Waals surface area contributed by atoms with Crippen molar-refractivity contribution in [2.45, 2.75) is 82.8 Å². The molecule has 2 aliphatic heterocycles. The van der Waals surface area contributed by atoms with Gasteiger partial charge in [0.05, 0.1) is 6.04 Å². The molecule has 1 N–H and O–H groups in total. The summed E-state index contributed by atoms with van der Waals surface area (Å²) in [4.78, 5) is 38.9. The zero-order valence-electron chi connectivity index (χ0n) is 25.8. The van der Waals surface area contributed by atoms with E-state index in [0.29, 0.717) is 43.3 Å². The molecule has 45 heavy (non-hydrogen) atoms. The maximum atomic E-state index is 14.2. The minimum Gasteiger partial charge on any atom is -0.341 e. The number of rotatable bonds is 9. The van der Waals surface area contributed by atoms with Crippen LogP contribution < -0.4 is 5.32 Å². The molecule has 6 rings (SSSR count). The molecule has 9 nitrogen and oxygen atoms in total. The molecule has 0 spiro atoms. The molecule has 2 saturated heterocycles. The number of piperidine rings is 2. The summed E-state index contributed by atoms with van der Waals surface area (Å²) in [5.41, 5.74) is 1.30. The van der Waals surface area contributed by atoms with Crippen molar-refractivity contribution >= 4 is 23.4 Å². The summed E-state index contributed by atoms with van der Waals surface area (Å²) >= 11 is 6.16. The van der Waals surface area contributed by atoms with Gasteiger partial charge >= 0.3 is 0 Å². The standard InChI is InChI=1S/C34H43ClFN7O2/c35-27-11-9-25(10-12-27)21-30(39-28-13-17-41(18-14-28)32(44)29-7-4-8-31(36)40-29)33(45)42-19-15-34(16-20-42,22-43-24-37-23-38-43)26-5-2-1-3-6-26/h4,7-12,23-24,26,28,30,39H,1-3,5-6,13-22H2/t30-/m1/s1. The summed E-state index contributed by atoms with van der Waals surface area (Å²) in [5, 5.41) is 8.80. The van der Waals surface area contributed by atoms with Crippen molar-refractivity contribution in [3.05, 3.63) is 77.3 Å². The lowest BCUT2D eigenvalue weighted by Gasteiger charge is -2.48. The molecule has 1 atom stereocenters. The molecule has 240 valence electrons. The van der Waals surface area contributed by atoms with Gasteiger partial charge in [0.2, 0.25) is 11.9 Å². The largest absolute Gasteiger partial charge is 0.341 e. The van der Waals surface area contributed by atoms with E-state index in [2.05, 4.69) is 25.3 Å². The zero-order valence-corrected chi connectivity index (χ0v) is 26.5. The van der Waals surface area contributed by atoms with E-state index >= 15 is 0 Å². The number of pyridine rings is 1. The van der Waals surface area contributed by atoms with Crippen molar-refractivity contribution in [1.82, 2.24) is 34.9 Å². The van der Waals surface area contributed by atoms with Gasteiger partial charge in [0.25, 0.3) is 5.91 Å². The summed E-state index contributed by atoms with van der Waals surface area (Å²) in [6, 6.07) is 11.7. The molecule has 4 heterocycles. The lowest BCUT2D eigenvalue weighted by molar-refractivity contribution is -0.137. The Morgan fingerprint density at radius 1 is 0.956 bits per heavy atom. The molecule has 3 aromatic rings. The summed E-state index contributed by atoms with van der Waals surface area (Å²) < 4.78 is 15.6. The number of carbonyl (C=O) groups is 2. The van der Waals surface area contributed by atoms with Crippen LogP contribution in [0.25, 0.3) is 0 Å². The first-order valence-electron chi connectivity index (χ1n) is 16.4. The minimum absolute atomic E-state index is 0.0780. The molecule has 11 heteroatoms. The number of nitrogens with one attached hydrogen (secondary N) is 1. The Kier molecular flexibility index (Phi) is 10.1. The molecule has 0 unspecified atom stereocenters. The van der Waals surface area contributed by atoms with Crippen LogP contribution in [0.4, 0.5) is 4.39 Å². The van der Waals surface area contributed by atoms with Crippen molar-refractivity contribution < 1.29 is 14.0 Å². The molecule has 2 amide bonds. The molecule has 3 aliphatic rings. The fraction of sp³-hybridized carbons (Fsp3) is 0.559. The van der Waals surface area contributed by atoms with Crippen LogP contribution in [-0.2, 0) is 17.8 Å². The van der Waals surface area contributed by atoms with Gasteiger partial charge in [-0.2, -0.15) is 9.49 Å². The SMILES string of the molecule is O=C(c1cccc(F)n1)N1CCC(N[C@H](Cc2ccc(Cl)cc2)C(=O)N2CCC(Cn3cncn3)(C3CCCCC3)CC2)CC1. The van der Waals surface area contributed by atoms with E-state index < -0.39 is 5.95 Å². The lowest BCUT2D eigenvalue weighted by atomic mass is 9.63. The van der Waals surface area contributed by atoms with Gasteiger partial charge in [0.1, 0.15) is 18.3 Å². The summed E-state index contributed by atoms with van der Waals surface area (Å²) in [7, 11) is 0. The quantitative estimate of drug-likeness (QED) is 0.327. The Morgan fingerprint density at radius 3 is 2.36 bits per heavy atom. The van der Waals surface area contributed by atoms with E-state index in [1.165, 1.54) is 44.2 Å². The van der Waals surface area contributed by atoms with Gasteiger partial charge in [-0.3, -0.25) is 14.3 Å². The Bertz CT molecular complexity index is 1410. The molecular formula is C34H43ClFN7O2. The smallest absolute Gasteiger partial charge is 0.272 e. The second kappa shape index (κ2) is 14.4. The van der Waals surface area contributed by atoms with E-state index in [-0.39, 0.29) is 35.0 Å². The average Bonchev–Trinajstić information content (AvgIpc) is 3.59. The Balaban J connectivity index is 1.12. The topological polar surface area (TPSA) is 96.2 Å². The Hall–Kier alpha value is -3.37. The predicted octanol–water partition coefficient (Wildman–Crippen LogP) is 5.16.